The molecule has 1 aromatic heterocycles. The zero-order chi connectivity index (χ0) is 17.0. The number of carbonyl (C=O) groups excluding carboxylic acids is 1. The van der Waals surface area contributed by atoms with Crippen molar-refractivity contribution in [1.29, 1.82) is 0 Å². The molecule has 1 atom stereocenters. The number of rotatable bonds is 6. The largest absolute Gasteiger partial charge is 0.491 e. The van der Waals surface area contributed by atoms with Gasteiger partial charge in [-0.15, -0.1) is 11.3 Å². The molecular formula is C16H17F2NO3S. The van der Waals surface area contributed by atoms with E-state index in [1.807, 2.05) is 13.8 Å². The average molecular weight is 341 g/mol. The Balaban J connectivity index is 1.80. The maximum atomic E-state index is 13.0. The summed E-state index contributed by atoms with van der Waals surface area (Å²) in [6.07, 6.45) is -0.966. The van der Waals surface area contributed by atoms with Crippen molar-refractivity contribution in [3.8, 4) is 5.75 Å². The molecule has 0 aliphatic rings. The molecule has 0 aliphatic carbocycles. The van der Waals surface area contributed by atoms with Crippen molar-refractivity contribution in [3.63, 3.8) is 0 Å². The summed E-state index contributed by atoms with van der Waals surface area (Å²) < 4.78 is 31.0. The van der Waals surface area contributed by atoms with Gasteiger partial charge in [-0.1, -0.05) is 0 Å². The Morgan fingerprint density at radius 3 is 2.65 bits per heavy atom. The molecule has 1 unspecified atom stereocenters. The van der Waals surface area contributed by atoms with Gasteiger partial charge in [0.05, 0.1) is 5.56 Å². The van der Waals surface area contributed by atoms with Crippen molar-refractivity contribution >= 4 is 17.2 Å². The van der Waals surface area contributed by atoms with Gasteiger partial charge in [-0.2, -0.15) is 0 Å². The van der Waals surface area contributed by atoms with Crippen LogP contribution in [0.2, 0.25) is 0 Å². The number of aryl methyl sites for hydroxylation is 2. The molecule has 2 aromatic rings. The molecule has 124 valence electrons. The van der Waals surface area contributed by atoms with E-state index in [4.69, 9.17) is 4.74 Å². The molecule has 4 nitrogen and oxygen atoms in total. The van der Waals surface area contributed by atoms with Crippen LogP contribution < -0.4 is 10.1 Å². The number of benzene rings is 1. The third-order valence-corrected chi connectivity index (χ3v) is 4.08. The highest BCUT2D eigenvalue weighted by Gasteiger charge is 2.14. The second-order valence-corrected chi connectivity index (χ2v) is 6.54. The standard InChI is InChI=1S/C16H17F2NO3S/c1-9-5-13(10(2)23-9)16(21)19-7-11(20)8-22-12-3-4-14(17)15(18)6-12/h3-6,11,20H,7-8H2,1-2H3,(H,19,21). The molecule has 2 N–H and O–H groups in total. The first kappa shape index (κ1) is 17.4. The van der Waals surface area contributed by atoms with Gasteiger partial charge < -0.3 is 15.2 Å². The summed E-state index contributed by atoms with van der Waals surface area (Å²) in [5.74, 6) is -2.14. The molecule has 0 radical (unpaired) electrons. The molecule has 0 bridgehead atoms. The molecule has 0 fully saturated rings. The molecule has 1 heterocycles. The normalized spacial score (nSPS) is 12.0. The van der Waals surface area contributed by atoms with Crippen LogP contribution >= 0.6 is 11.3 Å². The predicted octanol–water partition coefficient (Wildman–Crippen LogP) is 2.81. The number of thiophene rings is 1. The minimum absolute atomic E-state index is 0.00313. The average Bonchev–Trinajstić information content (AvgIpc) is 2.84. The monoisotopic (exact) mass is 341 g/mol. The Labute approximate surface area is 136 Å². The SMILES string of the molecule is Cc1cc(C(=O)NCC(O)COc2ccc(F)c(F)c2)c(C)s1. The van der Waals surface area contributed by atoms with E-state index in [1.54, 1.807) is 6.07 Å². The van der Waals surface area contributed by atoms with Gasteiger partial charge in [-0.3, -0.25) is 4.79 Å². The van der Waals surface area contributed by atoms with Crippen LogP contribution in [0.3, 0.4) is 0 Å². The van der Waals surface area contributed by atoms with Gasteiger partial charge in [0.15, 0.2) is 11.6 Å². The summed E-state index contributed by atoms with van der Waals surface area (Å²) >= 11 is 1.53. The van der Waals surface area contributed by atoms with Gasteiger partial charge in [0, 0.05) is 22.4 Å². The van der Waals surface area contributed by atoms with Crippen LogP contribution in [0.25, 0.3) is 0 Å². The van der Waals surface area contributed by atoms with E-state index in [-0.39, 0.29) is 24.8 Å². The van der Waals surface area contributed by atoms with Crippen molar-refractivity contribution in [1.82, 2.24) is 5.32 Å². The minimum Gasteiger partial charge on any atom is -0.491 e. The van der Waals surface area contributed by atoms with Crippen LogP contribution in [-0.4, -0.2) is 30.3 Å². The Morgan fingerprint density at radius 1 is 1.30 bits per heavy atom. The summed E-state index contributed by atoms with van der Waals surface area (Å²) in [6, 6.07) is 4.90. The van der Waals surface area contributed by atoms with Crippen LogP contribution in [0.5, 0.6) is 5.75 Å². The third-order valence-electron chi connectivity index (χ3n) is 3.12. The zero-order valence-corrected chi connectivity index (χ0v) is 13.5. The fraction of sp³-hybridized carbons (Fsp3) is 0.312. The molecular weight excluding hydrogens is 324 g/mol. The number of aliphatic hydroxyl groups excluding tert-OH is 1. The summed E-state index contributed by atoms with van der Waals surface area (Å²) in [4.78, 5) is 13.9. The number of ether oxygens (including phenoxy) is 1. The lowest BCUT2D eigenvalue weighted by atomic mass is 10.2. The van der Waals surface area contributed by atoms with Gasteiger partial charge in [-0.05, 0) is 32.0 Å². The van der Waals surface area contributed by atoms with Crippen LogP contribution in [0, 0.1) is 25.5 Å². The zero-order valence-electron chi connectivity index (χ0n) is 12.7. The van der Waals surface area contributed by atoms with E-state index in [2.05, 4.69) is 5.32 Å². The number of nitrogens with one attached hydrogen (secondary N) is 1. The second-order valence-electron chi connectivity index (χ2n) is 5.08. The lowest BCUT2D eigenvalue weighted by Crippen LogP contribution is -2.35. The molecule has 0 saturated carbocycles. The molecule has 0 spiro atoms. The highest BCUT2D eigenvalue weighted by atomic mass is 32.1. The van der Waals surface area contributed by atoms with Crippen molar-refractivity contribution < 1.29 is 23.4 Å². The van der Waals surface area contributed by atoms with Gasteiger partial charge in [0.2, 0.25) is 0 Å². The fourth-order valence-corrected chi connectivity index (χ4v) is 2.90. The van der Waals surface area contributed by atoms with Crippen molar-refractivity contribution in [2.45, 2.75) is 20.0 Å². The lowest BCUT2D eigenvalue weighted by molar-refractivity contribution is 0.0843. The van der Waals surface area contributed by atoms with Gasteiger partial charge in [0.25, 0.3) is 5.91 Å². The Morgan fingerprint density at radius 2 is 2.04 bits per heavy atom. The highest BCUT2D eigenvalue weighted by molar-refractivity contribution is 7.12. The first-order valence-corrected chi connectivity index (χ1v) is 7.79. The molecule has 7 heteroatoms. The van der Waals surface area contributed by atoms with Crippen LogP contribution in [0.4, 0.5) is 8.78 Å². The lowest BCUT2D eigenvalue weighted by Gasteiger charge is -2.13. The molecule has 0 aliphatic heterocycles. The number of carbonyl (C=O) groups is 1. The van der Waals surface area contributed by atoms with Gasteiger partial charge in [0.1, 0.15) is 18.5 Å². The first-order chi connectivity index (χ1) is 10.9. The highest BCUT2D eigenvalue weighted by Crippen LogP contribution is 2.20. The van der Waals surface area contributed by atoms with Crippen LogP contribution in [-0.2, 0) is 0 Å². The van der Waals surface area contributed by atoms with E-state index < -0.39 is 17.7 Å². The van der Waals surface area contributed by atoms with E-state index >= 15 is 0 Å². The smallest absolute Gasteiger partial charge is 0.252 e. The number of aliphatic hydroxyl groups is 1. The first-order valence-electron chi connectivity index (χ1n) is 6.98. The number of hydrogen-bond acceptors (Lipinski definition) is 4. The van der Waals surface area contributed by atoms with Crippen molar-refractivity contribution in [2.24, 2.45) is 0 Å². The van der Waals surface area contributed by atoms with E-state index in [1.165, 1.54) is 17.4 Å². The molecule has 1 aromatic carbocycles. The summed E-state index contributed by atoms with van der Waals surface area (Å²) in [5.41, 5.74) is 0.584. The van der Waals surface area contributed by atoms with Gasteiger partial charge in [-0.25, -0.2) is 8.78 Å². The van der Waals surface area contributed by atoms with E-state index in [9.17, 15) is 18.7 Å². The number of halogens is 2. The summed E-state index contributed by atoms with van der Waals surface area (Å²) in [5, 5.41) is 12.4. The Hall–Kier alpha value is -1.99. The molecule has 1 amide bonds. The second kappa shape index (κ2) is 7.52. The van der Waals surface area contributed by atoms with Crippen molar-refractivity contribution in [3.05, 3.63) is 51.2 Å². The number of amides is 1. The Kier molecular flexibility index (Phi) is 5.68. The third kappa shape index (κ3) is 4.74. The van der Waals surface area contributed by atoms with E-state index in [0.29, 0.717) is 5.56 Å². The summed E-state index contributed by atoms with van der Waals surface area (Å²) in [7, 11) is 0. The maximum Gasteiger partial charge on any atom is 0.252 e. The fourth-order valence-electron chi connectivity index (χ4n) is 1.98. The minimum atomic E-state index is -1.02. The molecule has 2 rings (SSSR count). The quantitative estimate of drug-likeness (QED) is 0.849. The summed E-state index contributed by atoms with van der Waals surface area (Å²) in [6.45, 7) is 3.62. The topological polar surface area (TPSA) is 58.6 Å². The van der Waals surface area contributed by atoms with Crippen molar-refractivity contribution in [2.75, 3.05) is 13.2 Å². The molecule has 23 heavy (non-hydrogen) atoms. The van der Waals surface area contributed by atoms with E-state index in [0.717, 1.165) is 21.9 Å². The van der Waals surface area contributed by atoms with Gasteiger partial charge >= 0.3 is 0 Å². The van der Waals surface area contributed by atoms with Crippen LogP contribution in [0.15, 0.2) is 24.3 Å². The maximum absolute atomic E-state index is 13.0. The predicted molar refractivity (Wildman–Crippen MR) is 84.0 cm³/mol. The van der Waals surface area contributed by atoms with Crippen LogP contribution in [0.1, 0.15) is 20.1 Å². The Bertz CT molecular complexity index is 703. The molecule has 0 saturated heterocycles. The number of hydrogen-bond donors (Lipinski definition) is 2.